The summed E-state index contributed by atoms with van der Waals surface area (Å²) in [5, 5.41) is 32.9. The second-order valence-electron chi connectivity index (χ2n) is 13.9. The molecule has 0 saturated heterocycles. The smallest absolute Gasteiger partial charge is 0.478 e. The quantitative estimate of drug-likeness (QED) is 0.456. The molecule has 3 aliphatic carbocycles. The topological polar surface area (TPSA) is 117 Å². The zero-order valence-corrected chi connectivity index (χ0v) is 24.4. The highest BCUT2D eigenvalue weighted by Crippen LogP contribution is 2.69. The van der Waals surface area contributed by atoms with Crippen molar-refractivity contribution in [3.8, 4) is 5.75 Å². The molecule has 9 atom stereocenters. The lowest BCUT2D eigenvalue weighted by atomic mass is 9.41. The number of carbonyl (C=O) groups excluding carboxylic acids is 1. The van der Waals surface area contributed by atoms with Crippen molar-refractivity contribution >= 4 is 24.3 Å². The van der Waals surface area contributed by atoms with Crippen molar-refractivity contribution in [2.45, 2.75) is 78.6 Å². The van der Waals surface area contributed by atoms with Crippen molar-refractivity contribution in [1.29, 1.82) is 0 Å². The lowest BCUT2D eigenvalue weighted by Gasteiger charge is -2.63. The van der Waals surface area contributed by atoms with E-state index in [-0.39, 0.29) is 41.9 Å². The van der Waals surface area contributed by atoms with E-state index in [2.05, 4.69) is 13.8 Å². The summed E-state index contributed by atoms with van der Waals surface area (Å²) < 4.78 is 26.9. The molecule has 2 bridgehead atoms. The minimum atomic E-state index is -1.48. The molecular formula is C30H43BFNO7. The van der Waals surface area contributed by atoms with Gasteiger partial charge in [0.1, 0.15) is 5.78 Å². The first-order chi connectivity index (χ1) is 18.7. The van der Waals surface area contributed by atoms with Gasteiger partial charge in [0.2, 0.25) is 0 Å². The Labute approximate surface area is 236 Å². The molecule has 3 N–H and O–H groups in total. The van der Waals surface area contributed by atoms with Gasteiger partial charge < -0.3 is 29.5 Å². The number of aliphatic hydroxyl groups is 1. The predicted molar refractivity (Wildman–Crippen MR) is 147 cm³/mol. The van der Waals surface area contributed by atoms with Gasteiger partial charge in [0.15, 0.2) is 17.7 Å². The molecular weight excluding hydrogens is 516 g/mol. The van der Waals surface area contributed by atoms with Crippen LogP contribution in [0.1, 0.15) is 65.4 Å². The number of carbonyl (C=O) groups is 2. The molecule has 1 aliphatic heterocycles. The number of aliphatic hydroxyl groups excluding tert-OH is 1. The van der Waals surface area contributed by atoms with Crippen LogP contribution in [-0.4, -0.2) is 71.9 Å². The SMILES string of the molecule is C[C@@H]1CC[C@@]23CCC(=O)[C@H]2[C@@]1(C)[C@H](C(Oc1ccc2c(c1F)B(O)OC2)C(=O)O)C[C@@](C)(CN(C)C)[C@@H](O)[C@@H]3C. The average Bonchev–Trinajstić information content (AvgIpc) is 3.44. The number of carboxylic acids is 1. The van der Waals surface area contributed by atoms with Crippen LogP contribution in [0, 0.1) is 45.7 Å². The monoisotopic (exact) mass is 559 g/mol. The van der Waals surface area contributed by atoms with Crippen molar-refractivity contribution in [1.82, 2.24) is 4.90 Å². The van der Waals surface area contributed by atoms with Gasteiger partial charge in [-0.05, 0) is 74.1 Å². The summed E-state index contributed by atoms with van der Waals surface area (Å²) in [5.74, 6) is -3.49. The molecule has 0 spiro atoms. The number of benzene rings is 1. The summed E-state index contributed by atoms with van der Waals surface area (Å²) in [6, 6.07) is 2.97. The maximum atomic E-state index is 15.6. The van der Waals surface area contributed by atoms with Crippen LogP contribution in [0.3, 0.4) is 0 Å². The molecule has 3 fully saturated rings. The molecule has 0 amide bonds. The van der Waals surface area contributed by atoms with Crippen LogP contribution < -0.4 is 10.2 Å². The Morgan fingerprint density at radius 2 is 1.98 bits per heavy atom. The van der Waals surface area contributed by atoms with Gasteiger partial charge >= 0.3 is 13.1 Å². The molecule has 1 unspecified atom stereocenters. The molecule has 0 radical (unpaired) electrons. The van der Waals surface area contributed by atoms with Crippen LogP contribution in [0.15, 0.2) is 12.1 Å². The van der Waals surface area contributed by atoms with Crippen molar-refractivity contribution in [3.63, 3.8) is 0 Å². The van der Waals surface area contributed by atoms with Crippen LogP contribution in [-0.2, 0) is 20.9 Å². The molecule has 10 heteroatoms. The van der Waals surface area contributed by atoms with E-state index < -0.39 is 59.2 Å². The third-order valence-electron chi connectivity index (χ3n) is 11.5. The number of halogens is 1. The zero-order chi connectivity index (χ0) is 29.4. The molecule has 5 rings (SSSR count). The van der Waals surface area contributed by atoms with Gasteiger partial charge in [0.25, 0.3) is 0 Å². The first-order valence-corrected chi connectivity index (χ1v) is 14.5. The number of Topliss-reactive ketones (excluding diaryl/α,β-unsaturated/α-hetero) is 1. The van der Waals surface area contributed by atoms with Gasteiger partial charge in [-0.15, -0.1) is 0 Å². The highest BCUT2D eigenvalue weighted by molar-refractivity contribution is 6.61. The van der Waals surface area contributed by atoms with E-state index in [4.69, 9.17) is 9.39 Å². The van der Waals surface area contributed by atoms with E-state index in [1.165, 1.54) is 6.07 Å². The number of rotatable bonds is 6. The Morgan fingerprint density at radius 1 is 1.27 bits per heavy atom. The maximum Gasteiger partial charge on any atom is 0.494 e. The Hall–Kier alpha value is -2.01. The normalized spacial score (nSPS) is 39.9. The van der Waals surface area contributed by atoms with Crippen molar-refractivity contribution in [2.75, 3.05) is 20.6 Å². The van der Waals surface area contributed by atoms with E-state index in [1.54, 1.807) is 6.07 Å². The lowest BCUT2D eigenvalue weighted by molar-refractivity contribution is -0.200. The minimum absolute atomic E-state index is 0.00858. The first-order valence-electron chi connectivity index (χ1n) is 14.5. The molecule has 4 aliphatic rings. The maximum absolute atomic E-state index is 15.6. The lowest BCUT2D eigenvalue weighted by Crippen LogP contribution is -2.64. The van der Waals surface area contributed by atoms with Crippen molar-refractivity contribution < 1.29 is 38.6 Å². The molecule has 1 heterocycles. The van der Waals surface area contributed by atoms with Crippen LogP contribution in [0.25, 0.3) is 0 Å². The summed E-state index contributed by atoms with van der Waals surface area (Å²) in [5.41, 5.74) is -1.46. The number of ketones is 1. The standard InChI is InChI=1S/C30H43BFNO7/c1-16-9-11-30-12-10-20(34)25(30)29(16,4)19(13-28(3,15-33(5)6)26(35)17(30)2)24(27(36)37)40-21-8-7-18-14-39-31(38)22(18)23(21)32/h7-8,16-17,19,24-26,35,38H,9-15H2,1-6H3,(H,36,37)/t16-,17+,19+,24?,25+,26+,28+,29-,30+/m1/s1. The van der Waals surface area contributed by atoms with Gasteiger partial charge in [-0.1, -0.05) is 33.8 Å². The van der Waals surface area contributed by atoms with E-state index in [0.717, 1.165) is 12.8 Å². The second-order valence-corrected chi connectivity index (χ2v) is 13.9. The number of aliphatic carboxylic acids is 1. The van der Waals surface area contributed by atoms with Gasteiger partial charge in [-0.3, -0.25) is 4.79 Å². The minimum Gasteiger partial charge on any atom is -0.478 e. The predicted octanol–water partition coefficient (Wildman–Crippen LogP) is 2.86. The summed E-state index contributed by atoms with van der Waals surface area (Å²) in [4.78, 5) is 28.9. The Bertz CT molecular complexity index is 1200. The number of nitrogens with zero attached hydrogens (tertiary/aromatic N) is 1. The van der Waals surface area contributed by atoms with Crippen molar-refractivity contribution in [3.05, 3.63) is 23.5 Å². The Balaban J connectivity index is 1.68. The molecule has 3 saturated carbocycles. The van der Waals surface area contributed by atoms with Gasteiger partial charge in [-0.25, -0.2) is 9.18 Å². The summed E-state index contributed by atoms with van der Waals surface area (Å²) in [6.07, 6.45) is 0.731. The van der Waals surface area contributed by atoms with E-state index >= 15 is 4.39 Å². The molecule has 220 valence electrons. The molecule has 0 aromatic heterocycles. The third-order valence-corrected chi connectivity index (χ3v) is 11.5. The molecule has 8 nitrogen and oxygen atoms in total. The molecule has 1 aromatic rings. The second kappa shape index (κ2) is 10.1. The summed E-state index contributed by atoms with van der Waals surface area (Å²) >= 11 is 0. The number of fused-ring (bicyclic) bond motifs is 1. The highest BCUT2D eigenvalue weighted by atomic mass is 19.1. The van der Waals surface area contributed by atoms with Crippen LogP contribution in [0.2, 0.25) is 0 Å². The van der Waals surface area contributed by atoms with E-state index in [1.807, 2.05) is 32.8 Å². The fourth-order valence-corrected chi connectivity index (χ4v) is 9.44. The van der Waals surface area contributed by atoms with Gasteiger partial charge in [0.05, 0.1) is 12.7 Å². The van der Waals surface area contributed by atoms with Crippen LogP contribution in [0.4, 0.5) is 4.39 Å². The summed E-state index contributed by atoms with van der Waals surface area (Å²) in [7, 11) is 2.41. The first kappa shape index (κ1) is 29.5. The molecule has 40 heavy (non-hydrogen) atoms. The highest BCUT2D eigenvalue weighted by Gasteiger charge is 2.69. The number of ether oxygens (including phenoxy) is 1. The number of carboxylic acid groups (broad SMARTS) is 1. The van der Waals surface area contributed by atoms with E-state index in [9.17, 15) is 24.8 Å². The van der Waals surface area contributed by atoms with Crippen LogP contribution in [0.5, 0.6) is 5.75 Å². The Kier molecular flexibility index (Phi) is 7.42. The third kappa shape index (κ3) is 4.24. The number of hydrogen-bond acceptors (Lipinski definition) is 7. The van der Waals surface area contributed by atoms with Crippen molar-refractivity contribution in [2.24, 2.45) is 39.9 Å². The van der Waals surface area contributed by atoms with Gasteiger partial charge in [-0.2, -0.15) is 0 Å². The zero-order valence-electron chi connectivity index (χ0n) is 24.4. The fraction of sp³-hybridized carbons (Fsp3) is 0.733. The van der Waals surface area contributed by atoms with Crippen LogP contribution >= 0.6 is 0 Å². The van der Waals surface area contributed by atoms with E-state index in [0.29, 0.717) is 24.9 Å². The largest absolute Gasteiger partial charge is 0.494 e. The Morgan fingerprint density at radius 3 is 2.62 bits per heavy atom. The molecule has 1 aromatic carbocycles. The summed E-state index contributed by atoms with van der Waals surface area (Å²) in [6.45, 7) is 8.77. The number of hydrogen-bond donors (Lipinski definition) is 3. The fourth-order valence-electron chi connectivity index (χ4n) is 9.44. The van der Waals surface area contributed by atoms with Gasteiger partial charge in [0, 0.05) is 35.7 Å². The average molecular weight is 559 g/mol.